The molecule has 1 atom stereocenters. The van der Waals surface area contributed by atoms with Gasteiger partial charge in [0.2, 0.25) is 0 Å². The number of phenols is 1. The molecule has 0 fully saturated rings. The zero-order valence-corrected chi connectivity index (χ0v) is 7.52. The number of halogens is 3. The van der Waals surface area contributed by atoms with Crippen LogP contribution in [0.1, 0.15) is 0 Å². The monoisotopic (exact) mass is 225 g/mol. The minimum absolute atomic E-state index is 0.452. The average molecular weight is 225 g/mol. The topological polar surface area (TPSA) is 61.2 Å². The summed E-state index contributed by atoms with van der Waals surface area (Å²) in [5.41, 5.74) is -5.12. The lowest BCUT2D eigenvalue weighted by Crippen LogP contribution is -2.21. The Kier molecular flexibility index (Phi) is 2.45. The van der Waals surface area contributed by atoms with Gasteiger partial charge in [0.1, 0.15) is 5.75 Å². The maximum absolute atomic E-state index is 12.1. The van der Waals surface area contributed by atoms with E-state index in [1.807, 2.05) is 0 Å². The van der Waals surface area contributed by atoms with Gasteiger partial charge in [0, 0.05) is 0 Å². The summed E-state index contributed by atoms with van der Waals surface area (Å²) in [4.78, 5) is -0.745. The Morgan fingerprint density at radius 1 is 1.36 bits per heavy atom. The highest BCUT2D eigenvalue weighted by Crippen LogP contribution is 2.31. The third-order valence-electron chi connectivity index (χ3n) is 1.48. The molecule has 1 unspecified atom stereocenters. The summed E-state index contributed by atoms with van der Waals surface area (Å²) in [5, 5.41) is 8.87. The molecule has 1 rings (SSSR count). The van der Waals surface area contributed by atoms with Crippen LogP contribution in [0.3, 0.4) is 0 Å². The lowest BCUT2D eigenvalue weighted by Gasteiger charge is -2.10. The second-order valence-corrected chi connectivity index (χ2v) is 4.55. The van der Waals surface area contributed by atoms with Crippen LogP contribution in [0.15, 0.2) is 29.2 Å². The van der Waals surface area contributed by atoms with Gasteiger partial charge in [-0.15, -0.1) is 0 Å². The van der Waals surface area contributed by atoms with Crippen LogP contribution in [0, 0.1) is 4.78 Å². The molecule has 0 saturated carbocycles. The van der Waals surface area contributed by atoms with Crippen LogP contribution < -0.4 is 0 Å². The van der Waals surface area contributed by atoms with E-state index in [-0.39, 0.29) is 0 Å². The summed E-state index contributed by atoms with van der Waals surface area (Å²) < 4.78 is 54.0. The Bertz CT molecular complexity index is 438. The third kappa shape index (κ3) is 1.82. The molecule has 7 heteroatoms. The largest absolute Gasteiger partial charge is 0.508 e. The van der Waals surface area contributed by atoms with Gasteiger partial charge in [-0.1, -0.05) is 6.07 Å². The second-order valence-electron chi connectivity index (χ2n) is 2.50. The number of benzene rings is 1. The minimum atomic E-state index is -5.12. The minimum Gasteiger partial charge on any atom is -0.508 e. The Labute approximate surface area is 78.2 Å². The number of phenolic OH excluding ortho intramolecular Hbond substituents is 1. The second kappa shape index (κ2) is 3.16. The molecule has 78 valence electrons. The van der Waals surface area contributed by atoms with Gasteiger partial charge < -0.3 is 5.11 Å². The summed E-state index contributed by atoms with van der Waals surface area (Å²) >= 11 is 0. The number of rotatable bonds is 1. The Balaban J connectivity index is 3.32. The molecule has 0 bridgehead atoms. The molecule has 0 radical (unpaired) electrons. The maximum atomic E-state index is 12.1. The summed E-state index contributed by atoms with van der Waals surface area (Å²) in [6.45, 7) is 0. The van der Waals surface area contributed by atoms with Crippen molar-refractivity contribution in [3.05, 3.63) is 24.3 Å². The first-order chi connectivity index (χ1) is 6.25. The average Bonchev–Trinajstić information content (AvgIpc) is 2.02. The molecule has 1 aromatic carbocycles. The molecule has 0 spiro atoms. The van der Waals surface area contributed by atoms with Gasteiger partial charge in [-0.25, -0.2) is 8.99 Å². The van der Waals surface area contributed by atoms with Crippen molar-refractivity contribution < 1.29 is 22.5 Å². The van der Waals surface area contributed by atoms with Crippen molar-refractivity contribution in [1.29, 1.82) is 4.78 Å². The molecule has 0 heterocycles. The van der Waals surface area contributed by atoms with Gasteiger partial charge in [0.05, 0.1) is 4.90 Å². The van der Waals surface area contributed by atoms with Gasteiger partial charge in [0.25, 0.3) is 0 Å². The van der Waals surface area contributed by atoms with Crippen molar-refractivity contribution in [1.82, 2.24) is 0 Å². The molecule has 0 aliphatic rings. The number of hydrogen-bond donors (Lipinski definition) is 2. The highest BCUT2D eigenvalue weighted by atomic mass is 32.2. The molecule has 3 nitrogen and oxygen atoms in total. The standard InChI is InChI=1S/C7H6F3NO2S/c8-7(9,10)14(11,13)6-3-1-2-5(12)4-6/h1-4,11-12H. The van der Waals surface area contributed by atoms with E-state index in [1.165, 1.54) is 0 Å². The maximum Gasteiger partial charge on any atom is 0.483 e. The van der Waals surface area contributed by atoms with Crippen molar-refractivity contribution in [2.45, 2.75) is 10.4 Å². The molecule has 0 aromatic heterocycles. The van der Waals surface area contributed by atoms with Crippen molar-refractivity contribution in [3.63, 3.8) is 0 Å². The summed E-state index contributed by atoms with van der Waals surface area (Å²) in [5.74, 6) is -0.452. The molecule has 0 amide bonds. The van der Waals surface area contributed by atoms with Crippen LogP contribution in [-0.4, -0.2) is 14.8 Å². The highest BCUT2D eigenvalue weighted by Gasteiger charge is 2.43. The van der Waals surface area contributed by atoms with Crippen LogP contribution in [0.2, 0.25) is 0 Å². The fourth-order valence-electron chi connectivity index (χ4n) is 0.796. The molecule has 0 saturated heterocycles. The predicted molar refractivity (Wildman–Crippen MR) is 43.3 cm³/mol. The zero-order valence-electron chi connectivity index (χ0n) is 6.71. The van der Waals surface area contributed by atoms with Crippen LogP contribution in [0.25, 0.3) is 0 Å². The van der Waals surface area contributed by atoms with E-state index < -0.39 is 25.9 Å². The van der Waals surface area contributed by atoms with E-state index in [4.69, 9.17) is 9.89 Å². The molecule has 14 heavy (non-hydrogen) atoms. The Morgan fingerprint density at radius 2 is 1.93 bits per heavy atom. The first kappa shape index (κ1) is 10.8. The fraction of sp³-hybridized carbons (Fsp3) is 0.143. The van der Waals surface area contributed by atoms with E-state index in [0.717, 1.165) is 18.2 Å². The van der Waals surface area contributed by atoms with Gasteiger partial charge in [-0.2, -0.15) is 13.2 Å². The van der Waals surface area contributed by atoms with Gasteiger partial charge >= 0.3 is 5.51 Å². The lowest BCUT2D eigenvalue weighted by atomic mass is 10.3. The number of aromatic hydroxyl groups is 1. The molecule has 0 aliphatic heterocycles. The Hall–Kier alpha value is -1.24. The highest BCUT2D eigenvalue weighted by molar-refractivity contribution is 7.93. The van der Waals surface area contributed by atoms with Crippen molar-refractivity contribution in [3.8, 4) is 5.75 Å². The Morgan fingerprint density at radius 3 is 2.36 bits per heavy atom. The molecule has 2 N–H and O–H groups in total. The summed E-state index contributed by atoms with van der Waals surface area (Å²) in [6.07, 6.45) is 0. The lowest BCUT2D eigenvalue weighted by molar-refractivity contribution is -0.0406. The van der Waals surface area contributed by atoms with Crippen LogP contribution >= 0.6 is 0 Å². The molecule has 1 aromatic rings. The zero-order chi connectivity index (χ0) is 11.0. The first-order valence-electron chi connectivity index (χ1n) is 3.39. The van der Waals surface area contributed by atoms with Gasteiger partial charge in [-0.05, 0) is 18.2 Å². The normalized spacial score (nSPS) is 16.2. The first-order valence-corrected chi connectivity index (χ1v) is 4.95. The van der Waals surface area contributed by atoms with Crippen molar-refractivity contribution in [2.75, 3.05) is 0 Å². The SMILES string of the molecule is N=S(=O)(c1cccc(O)c1)C(F)(F)F. The van der Waals surface area contributed by atoms with E-state index in [1.54, 1.807) is 0 Å². The molecule has 0 aliphatic carbocycles. The predicted octanol–water partition coefficient (Wildman–Crippen LogP) is 2.32. The quantitative estimate of drug-likeness (QED) is 0.770. The van der Waals surface area contributed by atoms with E-state index in [9.17, 15) is 17.4 Å². The third-order valence-corrected chi connectivity index (χ3v) is 3.05. The number of alkyl halides is 3. The van der Waals surface area contributed by atoms with Gasteiger partial charge in [0.15, 0.2) is 9.73 Å². The molecular weight excluding hydrogens is 219 g/mol. The van der Waals surface area contributed by atoms with Crippen molar-refractivity contribution in [2.24, 2.45) is 0 Å². The summed E-state index contributed by atoms with van der Waals surface area (Å²) in [7, 11) is -4.86. The molecular formula is C7H6F3NO2S. The smallest absolute Gasteiger partial charge is 0.483 e. The van der Waals surface area contributed by atoms with Crippen LogP contribution in [0.5, 0.6) is 5.75 Å². The van der Waals surface area contributed by atoms with E-state index in [0.29, 0.717) is 6.07 Å². The van der Waals surface area contributed by atoms with Crippen LogP contribution in [0.4, 0.5) is 13.2 Å². The van der Waals surface area contributed by atoms with Crippen molar-refractivity contribution >= 4 is 9.73 Å². The van der Waals surface area contributed by atoms with E-state index >= 15 is 0 Å². The van der Waals surface area contributed by atoms with Gasteiger partial charge in [-0.3, -0.25) is 0 Å². The number of hydrogen-bond acceptors (Lipinski definition) is 3. The number of nitrogens with one attached hydrogen (secondary N) is 1. The summed E-state index contributed by atoms with van der Waals surface area (Å²) in [6, 6.07) is 3.80. The van der Waals surface area contributed by atoms with E-state index in [2.05, 4.69) is 0 Å². The fourth-order valence-corrected chi connectivity index (χ4v) is 1.62. The van der Waals surface area contributed by atoms with Crippen LogP contribution in [-0.2, 0) is 9.73 Å².